The van der Waals surface area contributed by atoms with E-state index in [1.165, 1.54) is 0 Å². The SMILES string of the molecule is c1ccc2c(c1)Oc1ccccc1C2c1ccncc1-c1cnccc1N1c2ccccc2Oc2ccccc21. The van der Waals surface area contributed by atoms with Crippen molar-refractivity contribution in [3.8, 4) is 34.1 Å². The maximum absolute atomic E-state index is 6.32. The number of aromatic nitrogens is 2. The van der Waals surface area contributed by atoms with Crippen molar-refractivity contribution in [3.05, 3.63) is 151 Å². The number of para-hydroxylation sites is 6. The first-order valence-corrected chi connectivity index (χ1v) is 13.3. The molecule has 5 heteroatoms. The van der Waals surface area contributed by atoms with Gasteiger partial charge >= 0.3 is 0 Å². The van der Waals surface area contributed by atoms with Gasteiger partial charge in [-0.2, -0.15) is 0 Å². The maximum atomic E-state index is 6.32. The van der Waals surface area contributed by atoms with Gasteiger partial charge in [-0.15, -0.1) is 0 Å². The van der Waals surface area contributed by atoms with Gasteiger partial charge in [0.1, 0.15) is 11.5 Å². The minimum atomic E-state index is -0.0310. The molecule has 0 atom stereocenters. The van der Waals surface area contributed by atoms with Crippen molar-refractivity contribution < 1.29 is 9.47 Å². The van der Waals surface area contributed by atoms with Crippen molar-refractivity contribution in [2.45, 2.75) is 5.92 Å². The molecule has 4 aromatic carbocycles. The van der Waals surface area contributed by atoms with Crippen LogP contribution in [-0.2, 0) is 0 Å². The van der Waals surface area contributed by atoms with E-state index in [1.54, 1.807) is 0 Å². The smallest absolute Gasteiger partial charge is 0.151 e. The Kier molecular flexibility index (Phi) is 5.13. The van der Waals surface area contributed by atoms with Gasteiger partial charge in [0.15, 0.2) is 11.5 Å². The van der Waals surface area contributed by atoms with Crippen LogP contribution < -0.4 is 14.4 Å². The second-order valence-electron chi connectivity index (χ2n) is 9.84. The Labute approximate surface area is 231 Å². The molecule has 4 heterocycles. The minimum Gasteiger partial charge on any atom is -0.457 e. The zero-order valence-corrected chi connectivity index (χ0v) is 21.4. The van der Waals surface area contributed by atoms with Gasteiger partial charge < -0.3 is 14.4 Å². The minimum absolute atomic E-state index is 0.0310. The van der Waals surface area contributed by atoms with Gasteiger partial charge in [0.2, 0.25) is 0 Å². The van der Waals surface area contributed by atoms with Crippen LogP contribution in [0.3, 0.4) is 0 Å². The summed E-state index contributed by atoms with van der Waals surface area (Å²) in [5.41, 5.74) is 8.34. The highest BCUT2D eigenvalue weighted by atomic mass is 16.5. The standard InChI is InChI=1S/C35H23N3O2/c1-5-13-31-24(9-1)35(25-10-2-6-14-32(25)39-31)23-17-19-36-21-26(23)27-22-37-20-18-28(27)38-29-11-3-7-15-33(29)40-34-16-8-4-12-30(34)38/h1-22,35H. The summed E-state index contributed by atoms with van der Waals surface area (Å²) in [6.07, 6.45) is 7.60. The van der Waals surface area contributed by atoms with Crippen LogP contribution in [0.2, 0.25) is 0 Å². The van der Waals surface area contributed by atoms with Crippen LogP contribution in [0.25, 0.3) is 11.1 Å². The Hall–Kier alpha value is -5.42. The number of anilines is 3. The first-order chi connectivity index (χ1) is 19.9. The number of hydrogen-bond acceptors (Lipinski definition) is 5. The molecule has 2 aromatic heterocycles. The molecular weight excluding hydrogens is 494 g/mol. The van der Waals surface area contributed by atoms with Gasteiger partial charge in [0.05, 0.1) is 17.1 Å². The lowest BCUT2D eigenvalue weighted by Gasteiger charge is -2.34. The van der Waals surface area contributed by atoms with E-state index in [-0.39, 0.29) is 5.92 Å². The summed E-state index contributed by atoms with van der Waals surface area (Å²) in [4.78, 5) is 11.5. The molecule has 0 fully saturated rings. The topological polar surface area (TPSA) is 47.5 Å². The number of pyridine rings is 2. The molecule has 0 amide bonds. The van der Waals surface area contributed by atoms with Crippen LogP contribution in [0.4, 0.5) is 17.1 Å². The summed E-state index contributed by atoms with van der Waals surface area (Å²) in [6, 6.07) is 37.0. The number of ether oxygens (including phenoxy) is 2. The third-order valence-corrected chi connectivity index (χ3v) is 7.61. The van der Waals surface area contributed by atoms with Gasteiger partial charge in [-0.3, -0.25) is 9.97 Å². The van der Waals surface area contributed by atoms with E-state index in [0.717, 1.165) is 67.9 Å². The fourth-order valence-electron chi connectivity index (χ4n) is 5.88. The molecule has 8 rings (SSSR count). The fraction of sp³-hybridized carbons (Fsp3) is 0.0286. The third kappa shape index (κ3) is 3.48. The van der Waals surface area contributed by atoms with E-state index < -0.39 is 0 Å². The molecule has 0 spiro atoms. The Morgan fingerprint density at radius 3 is 1.60 bits per heavy atom. The summed E-state index contributed by atoms with van der Waals surface area (Å²) in [5.74, 6) is 3.33. The lowest BCUT2D eigenvalue weighted by atomic mass is 9.80. The molecule has 0 saturated heterocycles. The van der Waals surface area contributed by atoms with Gasteiger partial charge in [0, 0.05) is 53.0 Å². The van der Waals surface area contributed by atoms with E-state index in [4.69, 9.17) is 9.47 Å². The molecule has 6 aromatic rings. The van der Waals surface area contributed by atoms with Crippen molar-refractivity contribution >= 4 is 17.1 Å². The highest BCUT2D eigenvalue weighted by Crippen LogP contribution is 2.54. The maximum Gasteiger partial charge on any atom is 0.151 e. The molecule has 5 nitrogen and oxygen atoms in total. The molecule has 190 valence electrons. The van der Waals surface area contributed by atoms with Crippen molar-refractivity contribution in [1.29, 1.82) is 0 Å². The van der Waals surface area contributed by atoms with Crippen molar-refractivity contribution in [3.63, 3.8) is 0 Å². The lowest BCUT2D eigenvalue weighted by Crippen LogP contribution is -2.17. The Bertz CT molecular complexity index is 1670. The van der Waals surface area contributed by atoms with Gasteiger partial charge in [-0.1, -0.05) is 60.7 Å². The number of benzene rings is 4. The summed E-state index contributed by atoms with van der Waals surface area (Å²) in [5, 5.41) is 0. The highest BCUT2D eigenvalue weighted by molar-refractivity contribution is 5.93. The molecule has 0 unspecified atom stereocenters. The van der Waals surface area contributed by atoms with Crippen LogP contribution in [0.5, 0.6) is 23.0 Å². The highest BCUT2D eigenvalue weighted by Gasteiger charge is 2.32. The second-order valence-corrected chi connectivity index (χ2v) is 9.84. The fourth-order valence-corrected chi connectivity index (χ4v) is 5.88. The van der Waals surface area contributed by atoms with E-state index in [1.807, 2.05) is 85.5 Å². The predicted molar refractivity (Wildman–Crippen MR) is 156 cm³/mol. The zero-order chi connectivity index (χ0) is 26.5. The Morgan fingerprint density at radius 1 is 0.450 bits per heavy atom. The summed E-state index contributed by atoms with van der Waals surface area (Å²) < 4.78 is 12.6. The van der Waals surface area contributed by atoms with E-state index in [2.05, 4.69) is 63.4 Å². The summed E-state index contributed by atoms with van der Waals surface area (Å²) >= 11 is 0. The number of hydrogen-bond donors (Lipinski definition) is 0. The van der Waals surface area contributed by atoms with E-state index in [9.17, 15) is 0 Å². The largest absolute Gasteiger partial charge is 0.457 e. The molecule has 2 aliphatic rings. The molecule has 0 bridgehead atoms. The van der Waals surface area contributed by atoms with E-state index in [0.29, 0.717) is 0 Å². The Morgan fingerprint density at radius 2 is 0.950 bits per heavy atom. The lowest BCUT2D eigenvalue weighted by molar-refractivity contribution is 0.453. The summed E-state index contributed by atoms with van der Waals surface area (Å²) in [7, 11) is 0. The van der Waals surface area contributed by atoms with Gasteiger partial charge in [0.25, 0.3) is 0 Å². The number of rotatable bonds is 3. The molecule has 0 aliphatic carbocycles. The van der Waals surface area contributed by atoms with E-state index >= 15 is 0 Å². The van der Waals surface area contributed by atoms with Crippen molar-refractivity contribution in [2.24, 2.45) is 0 Å². The normalized spacial score (nSPS) is 13.2. The van der Waals surface area contributed by atoms with Crippen LogP contribution >= 0.6 is 0 Å². The summed E-state index contributed by atoms with van der Waals surface area (Å²) in [6.45, 7) is 0. The molecule has 0 N–H and O–H groups in total. The average Bonchev–Trinajstić information content (AvgIpc) is 3.02. The van der Waals surface area contributed by atoms with Crippen molar-refractivity contribution in [2.75, 3.05) is 4.90 Å². The van der Waals surface area contributed by atoms with Gasteiger partial charge in [-0.25, -0.2) is 0 Å². The van der Waals surface area contributed by atoms with Crippen LogP contribution in [0, 0.1) is 0 Å². The quantitative estimate of drug-likeness (QED) is 0.234. The average molecular weight is 518 g/mol. The van der Waals surface area contributed by atoms with Crippen LogP contribution in [-0.4, -0.2) is 9.97 Å². The number of nitrogens with zero attached hydrogens (tertiary/aromatic N) is 3. The molecular formula is C35H23N3O2. The Balaban J connectivity index is 1.37. The first kappa shape index (κ1) is 22.6. The van der Waals surface area contributed by atoms with Crippen LogP contribution in [0.15, 0.2) is 134 Å². The van der Waals surface area contributed by atoms with Gasteiger partial charge in [-0.05, 0) is 54.1 Å². The molecule has 2 aliphatic heterocycles. The molecule has 0 saturated carbocycles. The predicted octanol–water partition coefficient (Wildman–Crippen LogP) is 9.00. The zero-order valence-electron chi connectivity index (χ0n) is 21.4. The molecule has 0 radical (unpaired) electrons. The van der Waals surface area contributed by atoms with Crippen LogP contribution in [0.1, 0.15) is 22.6 Å². The molecule has 40 heavy (non-hydrogen) atoms. The van der Waals surface area contributed by atoms with Crippen molar-refractivity contribution in [1.82, 2.24) is 9.97 Å². The first-order valence-electron chi connectivity index (χ1n) is 13.3. The number of fused-ring (bicyclic) bond motifs is 4. The third-order valence-electron chi connectivity index (χ3n) is 7.61. The second kappa shape index (κ2) is 9.10. The monoisotopic (exact) mass is 517 g/mol.